The largest absolute Gasteiger partial charge is 0.454 e. The number of rotatable bonds is 5. The summed E-state index contributed by atoms with van der Waals surface area (Å²) >= 11 is 0. The van der Waals surface area contributed by atoms with Gasteiger partial charge in [-0.1, -0.05) is 19.9 Å². The summed E-state index contributed by atoms with van der Waals surface area (Å²) in [6, 6.07) is 6.46. The maximum absolute atomic E-state index is 5.39. The normalized spacial score (nSPS) is 15.2. The summed E-state index contributed by atoms with van der Waals surface area (Å²) in [6.45, 7) is 7.69. The molecule has 1 aromatic carbocycles. The Kier molecular flexibility index (Phi) is 5.31. The van der Waals surface area contributed by atoms with Crippen LogP contribution in [0.5, 0.6) is 11.5 Å². The third-order valence-corrected chi connectivity index (χ3v) is 3.73. The lowest BCUT2D eigenvalue weighted by Gasteiger charge is -2.20. The molecule has 0 bridgehead atoms. The molecule has 2 rings (SSSR count). The Morgan fingerprint density at radius 3 is 2.71 bits per heavy atom. The van der Waals surface area contributed by atoms with Crippen LogP contribution in [0.15, 0.2) is 23.2 Å². The first-order chi connectivity index (χ1) is 10.1. The molecule has 116 valence electrons. The molecule has 2 N–H and O–H groups in total. The van der Waals surface area contributed by atoms with Crippen LogP contribution in [0.4, 0.5) is 0 Å². The van der Waals surface area contributed by atoms with E-state index >= 15 is 0 Å². The van der Waals surface area contributed by atoms with E-state index in [1.54, 1.807) is 7.05 Å². The van der Waals surface area contributed by atoms with Gasteiger partial charge in [0.15, 0.2) is 17.5 Å². The summed E-state index contributed by atoms with van der Waals surface area (Å²) in [4.78, 5) is 4.25. The monoisotopic (exact) mass is 291 g/mol. The van der Waals surface area contributed by atoms with Crippen LogP contribution in [0.2, 0.25) is 0 Å². The molecule has 1 aliphatic rings. The van der Waals surface area contributed by atoms with E-state index in [9.17, 15) is 0 Å². The molecule has 1 unspecified atom stereocenters. The van der Waals surface area contributed by atoms with Gasteiger partial charge in [0.1, 0.15) is 0 Å². The lowest BCUT2D eigenvalue weighted by Crippen LogP contribution is -2.44. The van der Waals surface area contributed by atoms with E-state index in [0.717, 1.165) is 30.4 Å². The molecule has 0 aromatic heterocycles. The summed E-state index contributed by atoms with van der Waals surface area (Å²) in [7, 11) is 1.79. The van der Waals surface area contributed by atoms with Gasteiger partial charge in [0.25, 0.3) is 0 Å². The molecule has 0 amide bonds. The Bertz CT molecular complexity index is 500. The van der Waals surface area contributed by atoms with Crippen molar-refractivity contribution in [2.45, 2.75) is 33.2 Å². The molecule has 0 saturated heterocycles. The van der Waals surface area contributed by atoms with Crippen molar-refractivity contribution in [3.63, 3.8) is 0 Å². The second kappa shape index (κ2) is 7.20. The Morgan fingerprint density at radius 2 is 2.00 bits per heavy atom. The van der Waals surface area contributed by atoms with E-state index in [-0.39, 0.29) is 0 Å². The summed E-state index contributed by atoms with van der Waals surface area (Å²) in [5.74, 6) is 3.08. The van der Waals surface area contributed by atoms with Gasteiger partial charge in [-0.3, -0.25) is 4.99 Å². The number of nitrogens with zero attached hydrogens (tertiary/aromatic N) is 1. The van der Waals surface area contributed by atoms with Crippen LogP contribution in [0, 0.1) is 5.92 Å². The molecule has 1 aromatic rings. The average molecular weight is 291 g/mol. The van der Waals surface area contributed by atoms with Crippen LogP contribution in [0.25, 0.3) is 0 Å². The zero-order valence-electron chi connectivity index (χ0n) is 13.3. The Labute approximate surface area is 126 Å². The molecule has 0 fully saturated rings. The van der Waals surface area contributed by atoms with E-state index in [2.05, 4.69) is 42.5 Å². The maximum Gasteiger partial charge on any atom is 0.231 e. The van der Waals surface area contributed by atoms with Crippen molar-refractivity contribution in [1.29, 1.82) is 0 Å². The summed E-state index contributed by atoms with van der Waals surface area (Å²) in [5, 5.41) is 6.73. The van der Waals surface area contributed by atoms with Gasteiger partial charge in [-0.05, 0) is 37.0 Å². The van der Waals surface area contributed by atoms with E-state index in [4.69, 9.17) is 9.47 Å². The second-order valence-corrected chi connectivity index (χ2v) is 5.61. The summed E-state index contributed by atoms with van der Waals surface area (Å²) in [5.41, 5.74) is 1.22. The van der Waals surface area contributed by atoms with Crippen molar-refractivity contribution in [2.24, 2.45) is 10.9 Å². The zero-order chi connectivity index (χ0) is 15.2. The molecule has 1 heterocycles. The van der Waals surface area contributed by atoms with E-state index < -0.39 is 0 Å². The molecular weight excluding hydrogens is 266 g/mol. The highest BCUT2D eigenvalue weighted by Gasteiger charge is 2.13. The maximum atomic E-state index is 5.39. The van der Waals surface area contributed by atoms with E-state index in [0.29, 0.717) is 18.8 Å². The smallest absolute Gasteiger partial charge is 0.231 e. The number of benzene rings is 1. The molecular formula is C16H25N3O2. The fourth-order valence-corrected chi connectivity index (χ4v) is 2.00. The first-order valence-corrected chi connectivity index (χ1v) is 7.46. The van der Waals surface area contributed by atoms with E-state index in [1.165, 1.54) is 5.56 Å². The van der Waals surface area contributed by atoms with Crippen molar-refractivity contribution in [3.05, 3.63) is 23.8 Å². The number of fused-ring (bicyclic) bond motifs is 1. The fraction of sp³-hybridized carbons (Fsp3) is 0.562. The van der Waals surface area contributed by atoms with Gasteiger partial charge >= 0.3 is 0 Å². The van der Waals surface area contributed by atoms with Crippen LogP contribution < -0.4 is 20.1 Å². The van der Waals surface area contributed by atoms with Crippen LogP contribution in [0.1, 0.15) is 26.3 Å². The topological polar surface area (TPSA) is 54.9 Å². The van der Waals surface area contributed by atoms with Crippen molar-refractivity contribution in [2.75, 3.05) is 20.4 Å². The minimum Gasteiger partial charge on any atom is -0.454 e. The van der Waals surface area contributed by atoms with Crippen LogP contribution in [-0.4, -0.2) is 32.4 Å². The molecule has 0 radical (unpaired) electrons. The molecule has 21 heavy (non-hydrogen) atoms. The van der Waals surface area contributed by atoms with Crippen LogP contribution >= 0.6 is 0 Å². The van der Waals surface area contributed by atoms with Crippen molar-refractivity contribution < 1.29 is 9.47 Å². The van der Waals surface area contributed by atoms with Crippen molar-refractivity contribution in [1.82, 2.24) is 10.6 Å². The molecule has 1 aliphatic heterocycles. The number of aliphatic imine (C=N–C) groups is 1. The third kappa shape index (κ3) is 4.28. The van der Waals surface area contributed by atoms with E-state index in [1.807, 2.05) is 12.1 Å². The Balaban J connectivity index is 1.80. The summed E-state index contributed by atoms with van der Waals surface area (Å²) < 4.78 is 10.7. The highest BCUT2D eigenvalue weighted by Crippen LogP contribution is 2.32. The molecule has 0 spiro atoms. The Hall–Kier alpha value is -1.91. The number of nitrogens with one attached hydrogen (secondary N) is 2. The standard InChI is InChI=1S/C16H25N3O2/c1-11(2)12(3)19-16(17-4)18-8-7-13-5-6-14-15(9-13)21-10-20-14/h5-6,9,11-12H,7-8,10H2,1-4H3,(H2,17,18,19). The van der Waals surface area contributed by atoms with Crippen LogP contribution in [0.3, 0.4) is 0 Å². The zero-order valence-corrected chi connectivity index (χ0v) is 13.3. The van der Waals surface area contributed by atoms with Gasteiger partial charge in [0.05, 0.1) is 0 Å². The predicted octanol–water partition coefficient (Wildman–Crippen LogP) is 2.17. The van der Waals surface area contributed by atoms with Gasteiger partial charge in [0.2, 0.25) is 6.79 Å². The van der Waals surface area contributed by atoms with Crippen molar-refractivity contribution in [3.8, 4) is 11.5 Å². The third-order valence-electron chi connectivity index (χ3n) is 3.73. The van der Waals surface area contributed by atoms with Gasteiger partial charge in [-0.2, -0.15) is 0 Å². The lowest BCUT2D eigenvalue weighted by atomic mass is 10.1. The minimum absolute atomic E-state index is 0.320. The summed E-state index contributed by atoms with van der Waals surface area (Å²) in [6.07, 6.45) is 0.910. The fourth-order valence-electron chi connectivity index (χ4n) is 2.00. The highest BCUT2D eigenvalue weighted by molar-refractivity contribution is 5.79. The number of hydrogen-bond acceptors (Lipinski definition) is 3. The molecule has 0 aliphatic carbocycles. The number of ether oxygens (including phenoxy) is 2. The minimum atomic E-state index is 0.320. The molecule has 5 nitrogen and oxygen atoms in total. The molecule has 1 atom stereocenters. The molecule has 5 heteroatoms. The quantitative estimate of drug-likeness (QED) is 0.645. The van der Waals surface area contributed by atoms with Crippen molar-refractivity contribution >= 4 is 5.96 Å². The van der Waals surface area contributed by atoms with Crippen LogP contribution in [-0.2, 0) is 6.42 Å². The first-order valence-electron chi connectivity index (χ1n) is 7.46. The highest BCUT2D eigenvalue weighted by atomic mass is 16.7. The van der Waals surface area contributed by atoms with Gasteiger partial charge in [-0.25, -0.2) is 0 Å². The number of guanidine groups is 1. The predicted molar refractivity (Wildman–Crippen MR) is 85.1 cm³/mol. The SMILES string of the molecule is CN=C(NCCc1ccc2c(c1)OCO2)NC(C)C(C)C. The first kappa shape index (κ1) is 15.5. The lowest BCUT2D eigenvalue weighted by molar-refractivity contribution is 0.174. The second-order valence-electron chi connectivity index (χ2n) is 5.61. The van der Waals surface area contributed by atoms with Gasteiger partial charge in [0, 0.05) is 19.6 Å². The number of hydrogen-bond donors (Lipinski definition) is 2. The average Bonchev–Trinajstić information content (AvgIpc) is 2.93. The van der Waals surface area contributed by atoms with Gasteiger partial charge < -0.3 is 20.1 Å². The Morgan fingerprint density at radius 1 is 1.24 bits per heavy atom. The van der Waals surface area contributed by atoms with Gasteiger partial charge in [-0.15, -0.1) is 0 Å². The molecule has 0 saturated carbocycles.